The van der Waals surface area contributed by atoms with Crippen molar-refractivity contribution in [2.24, 2.45) is 5.92 Å². The van der Waals surface area contributed by atoms with Gasteiger partial charge in [-0.3, -0.25) is 0 Å². The molecule has 2 rings (SSSR count). The average Bonchev–Trinajstić information content (AvgIpc) is 2.32. The lowest BCUT2D eigenvalue weighted by Crippen LogP contribution is -2.15. The molecule has 1 aromatic rings. The molecular weight excluding hydrogens is 242 g/mol. The van der Waals surface area contributed by atoms with E-state index in [0.29, 0.717) is 12.5 Å². The summed E-state index contributed by atoms with van der Waals surface area (Å²) in [4.78, 5) is 15.4. The van der Waals surface area contributed by atoms with Crippen LogP contribution in [0.1, 0.15) is 55.1 Å². The van der Waals surface area contributed by atoms with Crippen molar-refractivity contribution in [3.8, 4) is 5.88 Å². The summed E-state index contributed by atoms with van der Waals surface area (Å²) < 4.78 is 5.62. The maximum Gasteiger partial charge on any atom is 0.335 e. The first-order chi connectivity index (χ1) is 9.19. The van der Waals surface area contributed by atoms with E-state index in [9.17, 15) is 4.79 Å². The van der Waals surface area contributed by atoms with Gasteiger partial charge in [-0.15, -0.1) is 0 Å². The maximum absolute atomic E-state index is 11.1. The fourth-order valence-electron chi connectivity index (χ4n) is 2.25. The Morgan fingerprint density at radius 2 is 2.26 bits per heavy atom. The lowest BCUT2D eigenvalue weighted by Gasteiger charge is -2.24. The molecule has 0 radical (unpaired) electrons. The first kappa shape index (κ1) is 13.8. The number of aromatic nitrogens is 1. The van der Waals surface area contributed by atoms with Gasteiger partial charge in [-0.05, 0) is 24.8 Å². The Balaban J connectivity index is 1.98. The highest BCUT2D eigenvalue weighted by Gasteiger charge is 2.17. The van der Waals surface area contributed by atoms with Gasteiger partial charge in [0.2, 0.25) is 5.88 Å². The van der Waals surface area contributed by atoms with E-state index in [1.165, 1.54) is 25.3 Å². The van der Waals surface area contributed by atoms with E-state index in [0.717, 1.165) is 30.9 Å². The molecule has 1 saturated carbocycles. The van der Waals surface area contributed by atoms with Crippen LogP contribution in [0.15, 0.2) is 12.1 Å². The van der Waals surface area contributed by atoms with E-state index in [-0.39, 0.29) is 5.56 Å². The van der Waals surface area contributed by atoms with Crippen LogP contribution in [-0.4, -0.2) is 22.7 Å². The minimum absolute atomic E-state index is 0.261. The fourth-order valence-corrected chi connectivity index (χ4v) is 2.25. The second-order valence-corrected chi connectivity index (χ2v) is 5.17. The summed E-state index contributed by atoms with van der Waals surface area (Å²) in [5.74, 6) is 0.309. The molecular formula is C15H21NO3. The number of carboxylic acid groups (broad SMARTS) is 1. The number of ether oxygens (including phenoxy) is 1. The predicted molar refractivity (Wildman–Crippen MR) is 72.6 cm³/mol. The van der Waals surface area contributed by atoms with Crippen molar-refractivity contribution >= 4 is 5.97 Å². The van der Waals surface area contributed by atoms with Crippen LogP contribution in [0.4, 0.5) is 0 Å². The average molecular weight is 263 g/mol. The summed E-state index contributed by atoms with van der Waals surface area (Å²) in [6.45, 7) is 2.68. The van der Waals surface area contributed by atoms with Gasteiger partial charge in [-0.25, -0.2) is 9.78 Å². The molecule has 0 aliphatic heterocycles. The standard InChI is InChI=1S/C15H21NO3/c1-2-4-13-9-12(15(17)18)10-14(16-13)19-8-7-11-5-3-6-11/h9-11H,2-8H2,1H3,(H,17,18). The van der Waals surface area contributed by atoms with Crippen LogP contribution >= 0.6 is 0 Å². The Morgan fingerprint density at radius 3 is 2.84 bits per heavy atom. The zero-order valence-corrected chi connectivity index (χ0v) is 11.4. The van der Waals surface area contributed by atoms with Crippen molar-refractivity contribution in [2.45, 2.75) is 45.4 Å². The van der Waals surface area contributed by atoms with Crippen molar-refractivity contribution in [3.05, 3.63) is 23.4 Å². The van der Waals surface area contributed by atoms with Crippen LogP contribution in [0.5, 0.6) is 5.88 Å². The van der Waals surface area contributed by atoms with E-state index in [1.807, 2.05) is 6.92 Å². The van der Waals surface area contributed by atoms with Gasteiger partial charge in [0, 0.05) is 11.8 Å². The van der Waals surface area contributed by atoms with E-state index in [4.69, 9.17) is 9.84 Å². The number of aromatic carboxylic acids is 1. The summed E-state index contributed by atoms with van der Waals surface area (Å²) in [6.07, 6.45) is 6.69. The van der Waals surface area contributed by atoms with Gasteiger partial charge < -0.3 is 9.84 Å². The number of carboxylic acids is 1. The highest BCUT2D eigenvalue weighted by atomic mass is 16.5. The minimum atomic E-state index is -0.927. The van der Waals surface area contributed by atoms with Gasteiger partial charge in [0.15, 0.2) is 0 Å². The number of carbonyl (C=O) groups is 1. The van der Waals surface area contributed by atoms with E-state index in [2.05, 4.69) is 4.98 Å². The maximum atomic E-state index is 11.1. The van der Waals surface area contributed by atoms with E-state index in [1.54, 1.807) is 6.07 Å². The Hall–Kier alpha value is -1.58. The molecule has 4 heteroatoms. The molecule has 1 aliphatic rings. The first-order valence-corrected chi connectivity index (χ1v) is 7.06. The van der Waals surface area contributed by atoms with Crippen molar-refractivity contribution in [1.82, 2.24) is 4.98 Å². The Kier molecular flexibility index (Phi) is 4.77. The number of hydrogen-bond donors (Lipinski definition) is 1. The molecule has 1 N–H and O–H groups in total. The third kappa shape index (κ3) is 3.94. The molecule has 19 heavy (non-hydrogen) atoms. The normalized spacial score (nSPS) is 15.0. The van der Waals surface area contributed by atoms with E-state index < -0.39 is 5.97 Å². The Bertz CT molecular complexity index is 441. The van der Waals surface area contributed by atoms with Crippen LogP contribution in [-0.2, 0) is 6.42 Å². The number of pyridine rings is 1. The van der Waals surface area contributed by atoms with Gasteiger partial charge in [-0.1, -0.05) is 32.6 Å². The topological polar surface area (TPSA) is 59.4 Å². The van der Waals surface area contributed by atoms with Gasteiger partial charge in [0.05, 0.1) is 12.2 Å². The van der Waals surface area contributed by atoms with Crippen LogP contribution in [0, 0.1) is 5.92 Å². The largest absolute Gasteiger partial charge is 0.478 e. The Labute approximate surface area is 113 Å². The van der Waals surface area contributed by atoms with Crippen molar-refractivity contribution in [3.63, 3.8) is 0 Å². The molecule has 0 bridgehead atoms. The second kappa shape index (κ2) is 6.55. The molecule has 0 amide bonds. The summed E-state index contributed by atoms with van der Waals surface area (Å²) in [5.41, 5.74) is 1.05. The van der Waals surface area contributed by atoms with Crippen LogP contribution in [0.2, 0.25) is 0 Å². The van der Waals surface area contributed by atoms with Crippen LogP contribution in [0.25, 0.3) is 0 Å². The number of hydrogen-bond acceptors (Lipinski definition) is 3. The monoisotopic (exact) mass is 263 g/mol. The summed E-state index contributed by atoms with van der Waals surface area (Å²) in [6, 6.07) is 3.15. The predicted octanol–water partition coefficient (Wildman–Crippen LogP) is 3.30. The zero-order chi connectivity index (χ0) is 13.7. The smallest absolute Gasteiger partial charge is 0.335 e. The highest BCUT2D eigenvalue weighted by molar-refractivity contribution is 5.88. The SMILES string of the molecule is CCCc1cc(C(=O)O)cc(OCCC2CCC2)n1. The number of rotatable bonds is 7. The van der Waals surface area contributed by atoms with Gasteiger partial charge in [0.1, 0.15) is 0 Å². The highest BCUT2D eigenvalue weighted by Crippen LogP contribution is 2.29. The summed E-state index contributed by atoms with van der Waals surface area (Å²) in [5, 5.41) is 9.08. The molecule has 0 saturated heterocycles. The lowest BCUT2D eigenvalue weighted by molar-refractivity contribution is 0.0696. The second-order valence-electron chi connectivity index (χ2n) is 5.17. The Morgan fingerprint density at radius 1 is 1.47 bits per heavy atom. The first-order valence-electron chi connectivity index (χ1n) is 7.06. The fraction of sp³-hybridized carbons (Fsp3) is 0.600. The molecule has 104 valence electrons. The quantitative estimate of drug-likeness (QED) is 0.820. The molecule has 0 aromatic carbocycles. The molecule has 1 aliphatic carbocycles. The van der Waals surface area contributed by atoms with Gasteiger partial charge in [-0.2, -0.15) is 0 Å². The van der Waals surface area contributed by atoms with Gasteiger partial charge >= 0.3 is 5.97 Å². The number of nitrogens with zero attached hydrogens (tertiary/aromatic N) is 1. The molecule has 1 fully saturated rings. The molecule has 4 nitrogen and oxygen atoms in total. The van der Waals surface area contributed by atoms with Gasteiger partial charge in [0.25, 0.3) is 0 Å². The summed E-state index contributed by atoms with van der Waals surface area (Å²) in [7, 11) is 0. The minimum Gasteiger partial charge on any atom is -0.478 e. The van der Waals surface area contributed by atoms with E-state index >= 15 is 0 Å². The molecule has 0 spiro atoms. The molecule has 1 aromatic heterocycles. The lowest BCUT2D eigenvalue weighted by atomic mass is 9.83. The molecule has 0 unspecified atom stereocenters. The van der Waals surface area contributed by atoms with Crippen LogP contribution < -0.4 is 4.74 Å². The zero-order valence-electron chi connectivity index (χ0n) is 11.4. The molecule has 0 atom stereocenters. The van der Waals surface area contributed by atoms with Crippen molar-refractivity contribution in [2.75, 3.05) is 6.61 Å². The third-order valence-electron chi connectivity index (χ3n) is 3.61. The van der Waals surface area contributed by atoms with Crippen molar-refractivity contribution < 1.29 is 14.6 Å². The summed E-state index contributed by atoms with van der Waals surface area (Å²) >= 11 is 0. The van der Waals surface area contributed by atoms with Crippen LogP contribution in [0.3, 0.4) is 0 Å². The molecule has 1 heterocycles. The van der Waals surface area contributed by atoms with Crippen molar-refractivity contribution in [1.29, 1.82) is 0 Å². The third-order valence-corrected chi connectivity index (χ3v) is 3.61. The number of aryl methyl sites for hydroxylation is 1.